The molecule has 0 unspecified atom stereocenters. The number of hydrogen-bond acceptors (Lipinski definition) is 4. The van der Waals surface area contributed by atoms with Gasteiger partial charge in [0.2, 0.25) is 5.91 Å². The summed E-state index contributed by atoms with van der Waals surface area (Å²) in [5.41, 5.74) is 6.77. The summed E-state index contributed by atoms with van der Waals surface area (Å²) in [7, 11) is 2.15. The van der Waals surface area contributed by atoms with Gasteiger partial charge in [0.1, 0.15) is 6.54 Å². The Kier molecular flexibility index (Phi) is 5.22. The highest BCUT2D eigenvalue weighted by Gasteiger charge is 2.50. The van der Waals surface area contributed by atoms with Gasteiger partial charge in [0.05, 0.1) is 17.9 Å². The van der Waals surface area contributed by atoms with Gasteiger partial charge in [-0.1, -0.05) is 34.3 Å². The number of carbonyl (C=O) groups is 1. The first-order chi connectivity index (χ1) is 15.6. The van der Waals surface area contributed by atoms with Crippen molar-refractivity contribution >= 4 is 5.91 Å². The molecule has 1 N–H and O–H groups in total. The smallest absolute Gasteiger partial charge is 0.241 e. The SMILES string of the molecule is C=C1Cn2nc(C(C)C)cc2C2(CC2)CN1C.CC(C)c1cc2n(n1)CC(=O)NCC21CC1. The van der Waals surface area contributed by atoms with Crippen LogP contribution in [0.3, 0.4) is 0 Å². The molecule has 2 saturated carbocycles. The largest absolute Gasteiger partial charge is 0.376 e. The maximum Gasteiger partial charge on any atom is 0.241 e. The van der Waals surface area contributed by atoms with Crippen LogP contribution in [0.2, 0.25) is 0 Å². The Hall–Kier alpha value is -2.57. The first kappa shape index (κ1) is 22.2. The third-order valence-electron chi connectivity index (χ3n) is 7.90. The second-order valence-electron chi connectivity index (χ2n) is 11.3. The average Bonchev–Trinajstić information content (AvgIpc) is 3.65. The zero-order valence-corrected chi connectivity index (χ0v) is 20.8. The highest BCUT2D eigenvalue weighted by atomic mass is 16.2. The molecule has 2 spiro atoms. The summed E-state index contributed by atoms with van der Waals surface area (Å²) in [6, 6.07) is 4.52. The fourth-order valence-electron chi connectivity index (χ4n) is 5.17. The molecule has 1 amide bonds. The molecule has 4 aliphatic rings. The van der Waals surface area contributed by atoms with Crippen LogP contribution in [0.25, 0.3) is 0 Å². The fraction of sp³-hybridized carbons (Fsp3) is 0.654. The van der Waals surface area contributed by atoms with Crippen molar-refractivity contribution in [1.29, 1.82) is 0 Å². The molecule has 6 rings (SSSR count). The lowest BCUT2D eigenvalue weighted by Crippen LogP contribution is -2.29. The lowest BCUT2D eigenvalue weighted by Gasteiger charge is -2.22. The Morgan fingerprint density at radius 2 is 1.42 bits per heavy atom. The van der Waals surface area contributed by atoms with E-state index in [1.165, 1.54) is 48.5 Å². The maximum atomic E-state index is 11.6. The van der Waals surface area contributed by atoms with E-state index in [-0.39, 0.29) is 11.3 Å². The number of amides is 1. The molecule has 178 valence electrons. The van der Waals surface area contributed by atoms with Crippen LogP contribution in [0.15, 0.2) is 24.4 Å². The van der Waals surface area contributed by atoms with E-state index in [9.17, 15) is 4.79 Å². The number of hydrogen-bond donors (Lipinski definition) is 1. The first-order valence-corrected chi connectivity index (χ1v) is 12.4. The predicted octanol–water partition coefficient (Wildman–Crippen LogP) is 3.67. The molecule has 2 aliphatic carbocycles. The number of carbonyl (C=O) groups excluding carboxylic acids is 1. The first-order valence-electron chi connectivity index (χ1n) is 12.4. The van der Waals surface area contributed by atoms with Crippen molar-refractivity contribution in [2.75, 3.05) is 20.1 Å². The van der Waals surface area contributed by atoms with E-state index < -0.39 is 0 Å². The van der Waals surface area contributed by atoms with Crippen molar-refractivity contribution in [3.63, 3.8) is 0 Å². The lowest BCUT2D eigenvalue weighted by atomic mass is 10.0. The number of aromatic nitrogens is 4. The molecule has 0 aromatic carbocycles. The van der Waals surface area contributed by atoms with Gasteiger partial charge in [0.25, 0.3) is 0 Å². The van der Waals surface area contributed by atoms with E-state index in [4.69, 9.17) is 5.10 Å². The van der Waals surface area contributed by atoms with Crippen molar-refractivity contribution in [1.82, 2.24) is 29.8 Å². The van der Waals surface area contributed by atoms with Gasteiger partial charge >= 0.3 is 0 Å². The highest BCUT2D eigenvalue weighted by Crippen LogP contribution is 2.51. The highest BCUT2D eigenvalue weighted by molar-refractivity contribution is 5.76. The maximum absolute atomic E-state index is 11.6. The molecule has 2 aromatic heterocycles. The van der Waals surface area contributed by atoms with Crippen molar-refractivity contribution < 1.29 is 4.79 Å². The van der Waals surface area contributed by atoms with Crippen LogP contribution in [0.5, 0.6) is 0 Å². The van der Waals surface area contributed by atoms with Crippen molar-refractivity contribution in [3.8, 4) is 0 Å². The molecule has 33 heavy (non-hydrogen) atoms. The van der Waals surface area contributed by atoms with Crippen LogP contribution in [0.1, 0.15) is 88.0 Å². The Morgan fingerprint density at radius 3 is 1.94 bits per heavy atom. The van der Waals surface area contributed by atoms with Crippen molar-refractivity contribution in [3.05, 3.63) is 47.2 Å². The Balaban J connectivity index is 0.000000139. The molecule has 0 radical (unpaired) electrons. The van der Waals surface area contributed by atoms with Gasteiger partial charge in [-0.2, -0.15) is 10.2 Å². The van der Waals surface area contributed by atoms with Gasteiger partial charge in [-0.25, -0.2) is 0 Å². The van der Waals surface area contributed by atoms with E-state index in [2.05, 4.69) is 73.5 Å². The molecule has 4 heterocycles. The quantitative estimate of drug-likeness (QED) is 0.758. The van der Waals surface area contributed by atoms with Crippen LogP contribution in [-0.4, -0.2) is 50.5 Å². The van der Waals surface area contributed by atoms with Crippen molar-refractivity contribution in [2.24, 2.45) is 0 Å². The second-order valence-corrected chi connectivity index (χ2v) is 11.3. The van der Waals surface area contributed by atoms with Crippen LogP contribution < -0.4 is 5.32 Å². The molecule has 7 heteroatoms. The van der Waals surface area contributed by atoms with Gasteiger partial charge in [0, 0.05) is 48.1 Å². The zero-order chi connectivity index (χ0) is 23.5. The zero-order valence-electron chi connectivity index (χ0n) is 20.8. The minimum Gasteiger partial charge on any atom is -0.376 e. The molecular formula is C26H38N6O. The van der Waals surface area contributed by atoms with E-state index in [0.29, 0.717) is 23.8 Å². The van der Waals surface area contributed by atoms with Gasteiger partial charge in [-0.05, 0) is 49.7 Å². The van der Waals surface area contributed by atoms with Gasteiger partial charge in [0.15, 0.2) is 0 Å². The molecule has 2 fully saturated rings. The fourth-order valence-corrected chi connectivity index (χ4v) is 5.17. The molecule has 2 aliphatic heterocycles. The normalized spacial score (nSPS) is 21.8. The standard InChI is InChI=1S/C14H21N3.C12H17N3O/c1-10(2)12-7-13-14(5-6-14)9-16(4)11(3)8-17(13)15-12;1-8(2)9-5-10-12(3-4-12)7-13-11(16)6-15(10)14-9/h7,10H,3,5-6,8-9H2,1-2,4H3;5,8H,3-4,6-7H2,1-2H3,(H,13,16). The molecular weight excluding hydrogens is 412 g/mol. The van der Waals surface area contributed by atoms with E-state index in [0.717, 1.165) is 25.3 Å². The third kappa shape index (κ3) is 4.00. The van der Waals surface area contributed by atoms with E-state index in [1.54, 1.807) is 0 Å². The number of fused-ring (bicyclic) bond motifs is 4. The molecule has 7 nitrogen and oxygen atoms in total. The summed E-state index contributed by atoms with van der Waals surface area (Å²) in [4.78, 5) is 13.9. The lowest BCUT2D eigenvalue weighted by molar-refractivity contribution is -0.121. The summed E-state index contributed by atoms with van der Waals surface area (Å²) in [5.74, 6) is 1.03. The van der Waals surface area contributed by atoms with E-state index >= 15 is 0 Å². The Morgan fingerprint density at radius 1 is 0.909 bits per heavy atom. The molecule has 0 saturated heterocycles. The molecule has 0 bridgehead atoms. The third-order valence-corrected chi connectivity index (χ3v) is 7.90. The summed E-state index contributed by atoms with van der Waals surface area (Å²) in [6.07, 6.45) is 4.95. The average molecular weight is 451 g/mol. The van der Waals surface area contributed by atoms with Crippen molar-refractivity contribution in [2.45, 2.75) is 89.1 Å². The number of allylic oxidation sites excluding steroid dienone is 1. The number of likely N-dealkylation sites (N-methyl/N-ethyl adjacent to an activating group) is 1. The van der Waals surface area contributed by atoms with E-state index in [1.807, 2.05) is 4.68 Å². The summed E-state index contributed by atoms with van der Waals surface area (Å²) in [6.45, 7) is 16.0. The Bertz CT molecular complexity index is 1080. The second kappa shape index (κ2) is 7.74. The molecule has 2 aromatic rings. The van der Waals surface area contributed by atoms with Crippen LogP contribution in [0, 0.1) is 0 Å². The minimum atomic E-state index is 0.0865. The van der Waals surface area contributed by atoms with Gasteiger partial charge in [-0.15, -0.1) is 0 Å². The Labute approximate surface area is 197 Å². The topological polar surface area (TPSA) is 68.0 Å². The van der Waals surface area contributed by atoms with Gasteiger partial charge in [-0.3, -0.25) is 14.2 Å². The van der Waals surface area contributed by atoms with Crippen LogP contribution in [0.4, 0.5) is 0 Å². The van der Waals surface area contributed by atoms with Gasteiger partial charge < -0.3 is 10.2 Å². The van der Waals surface area contributed by atoms with Crippen LogP contribution in [-0.2, 0) is 28.7 Å². The summed E-state index contributed by atoms with van der Waals surface area (Å²) >= 11 is 0. The predicted molar refractivity (Wildman–Crippen MR) is 129 cm³/mol. The number of rotatable bonds is 2. The molecule has 0 atom stereocenters. The number of nitrogens with zero attached hydrogens (tertiary/aromatic N) is 5. The number of nitrogens with one attached hydrogen (secondary N) is 1. The monoisotopic (exact) mass is 450 g/mol. The minimum absolute atomic E-state index is 0.0865. The van der Waals surface area contributed by atoms with Crippen LogP contribution >= 0.6 is 0 Å². The summed E-state index contributed by atoms with van der Waals surface area (Å²) < 4.78 is 4.10. The summed E-state index contributed by atoms with van der Waals surface area (Å²) in [5, 5.41) is 12.3.